The lowest BCUT2D eigenvalue weighted by atomic mass is 10.1. The highest BCUT2D eigenvalue weighted by Gasteiger charge is 2.34. The van der Waals surface area contributed by atoms with Crippen molar-refractivity contribution in [1.82, 2.24) is 14.7 Å². The molecule has 1 aliphatic heterocycles. The molecular formula is C20H26N4O4S. The molecule has 1 amide bonds. The maximum Gasteiger partial charge on any atom is 0.227 e. The minimum absolute atomic E-state index is 0.00305. The Bertz CT molecular complexity index is 982. The summed E-state index contributed by atoms with van der Waals surface area (Å²) in [5, 5.41) is 17.1. The van der Waals surface area contributed by atoms with Crippen LogP contribution in [0, 0.1) is 5.92 Å². The molecule has 2 fully saturated rings. The number of nitrogens with one attached hydrogen (secondary N) is 1. The van der Waals surface area contributed by atoms with Gasteiger partial charge in [-0.05, 0) is 37.0 Å². The number of aliphatic hydroxyl groups excluding tert-OH is 1. The van der Waals surface area contributed by atoms with Crippen molar-refractivity contribution in [1.29, 1.82) is 0 Å². The Morgan fingerprint density at radius 2 is 2.00 bits per heavy atom. The molecular weight excluding hydrogens is 392 g/mol. The number of likely N-dealkylation sites (tertiary alicyclic amines) is 1. The first kappa shape index (κ1) is 20.1. The van der Waals surface area contributed by atoms with Crippen LogP contribution in [0.2, 0.25) is 0 Å². The van der Waals surface area contributed by atoms with Crippen LogP contribution >= 0.6 is 0 Å². The van der Waals surface area contributed by atoms with Gasteiger partial charge in [-0.25, -0.2) is 8.42 Å². The molecule has 2 aromatic rings. The molecule has 0 radical (unpaired) electrons. The lowest BCUT2D eigenvalue weighted by Gasteiger charge is -2.22. The summed E-state index contributed by atoms with van der Waals surface area (Å²) < 4.78 is 25.1. The average Bonchev–Trinajstić information content (AvgIpc) is 3.31. The van der Waals surface area contributed by atoms with Gasteiger partial charge in [-0.15, -0.1) is 0 Å². The second-order valence-corrected chi connectivity index (χ2v) is 10.1. The third-order valence-corrected chi connectivity index (χ3v) is 6.77. The smallest absolute Gasteiger partial charge is 0.227 e. The van der Waals surface area contributed by atoms with Gasteiger partial charge in [-0.3, -0.25) is 14.4 Å². The largest absolute Gasteiger partial charge is 0.395 e. The van der Waals surface area contributed by atoms with Crippen LogP contribution in [0.25, 0.3) is 0 Å². The summed E-state index contributed by atoms with van der Waals surface area (Å²) in [6, 6.07) is 6.98. The Kier molecular flexibility index (Phi) is 5.46. The van der Waals surface area contributed by atoms with E-state index >= 15 is 0 Å². The van der Waals surface area contributed by atoms with Gasteiger partial charge in [0.2, 0.25) is 5.91 Å². The highest BCUT2D eigenvalue weighted by atomic mass is 32.2. The maximum absolute atomic E-state index is 11.9. The minimum atomic E-state index is -3.21. The van der Waals surface area contributed by atoms with E-state index in [-0.39, 0.29) is 30.5 Å². The summed E-state index contributed by atoms with van der Waals surface area (Å²) in [5.41, 5.74) is 1.70. The van der Waals surface area contributed by atoms with Crippen LogP contribution in [0.5, 0.6) is 0 Å². The molecule has 1 aromatic carbocycles. The highest BCUT2D eigenvalue weighted by Crippen LogP contribution is 2.31. The SMILES string of the molecule is CS(=O)(=O)c1ccc(CN2C[C@@H](n3cc(NC(=O)C4CC4)cn3)C[C@H]2CO)cc1. The number of hydrogen-bond acceptors (Lipinski definition) is 6. The maximum atomic E-state index is 11.9. The number of benzene rings is 1. The fourth-order valence-corrected chi connectivity index (χ4v) is 4.43. The molecule has 4 rings (SSSR count). The summed E-state index contributed by atoms with van der Waals surface area (Å²) in [5.74, 6) is 0.205. The van der Waals surface area contributed by atoms with Crippen molar-refractivity contribution in [2.75, 3.05) is 24.7 Å². The lowest BCUT2D eigenvalue weighted by molar-refractivity contribution is -0.117. The minimum Gasteiger partial charge on any atom is -0.395 e. The molecule has 1 saturated carbocycles. The number of sulfone groups is 1. The number of carbonyl (C=O) groups is 1. The molecule has 1 aliphatic carbocycles. The molecule has 1 aromatic heterocycles. The second kappa shape index (κ2) is 7.89. The van der Waals surface area contributed by atoms with E-state index in [1.54, 1.807) is 18.3 Å². The van der Waals surface area contributed by atoms with Crippen LogP contribution in [-0.2, 0) is 21.2 Å². The van der Waals surface area contributed by atoms with E-state index in [1.165, 1.54) is 6.26 Å². The van der Waals surface area contributed by atoms with Gasteiger partial charge in [0, 0.05) is 37.5 Å². The predicted molar refractivity (Wildman–Crippen MR) is 108 cm³/mol. The predicted octanol–water partition coefficient (Wildman–Crippen LogP) is 1.44. The fourth-order valence-electron chi connectivity index (χ4n) is 3.80. The molecule has 156 valence electrons. The molecule has 2 heterocycles. The number of hydrogen-bond donors (Lipinski definition) is 2. The number of aliphatic hydroxyl groups is 1. The van der Waals surface area contributed by atoms with Crippen molar-refractivity contribution in [3.8, 4) is 0 Å². The van der Waals surface area contributed by atoms with Gasteiger partial charge in [-0.1, -0.05) is 12.1 Å². The molecule has 2 atom stereocenters. The Labute approximate surface area is 170 Å². The molecule has 9 heteroatoms. The molecule has 2 N–H and O–H groups in total. The third kappa shape index (κ3) is 4.68. The zero-order chi connectivity index (χ0) is 20.6. The Morgan fingerprint density at radius 1 is 1.28 bits per heavy atom. The lowest BCUT2D eigenvalue weighted by Crippen LogP contribution is -2.31. The monoisotopic (exact) mass is 418 g/mol. The highest BCUT2D eigenvalue weighted by molar-refractivity contribution is 7.90. The first-order valence-corrected chi connectivity index (χ1v) is 11.7. The van der Waals surface area contributed by atoms with Gasteiger partial charge in [0.25, 0.3) is 0 Å². The first-order valence-electron chi connectivity index (χ1n) is 9.82. The molecule has 0 spiro atoms. The normalized spacial score (nSPS) is 22.7. The number of carbonyl (C=O) groups excluding carboxylic acids is 1. The molecule has 29 heavy (non-hydrogen) atoms. The summed E-state index contributed by atoms with van der Waals surface area (Å²) >= 11 is 0. The van der Waals surface area contributed by atoms with Crippen molar-refractivity contribution in [2.45, 2.75) is 42.8 Å². The van der Waals surface area contributed by atoms with Gasteiger partial charge >= 0.3 is 0 Å². The van der Waals surface area contributed by atoms with Crippen molar-refractivity contribution in [2.24, 2.45) is 5.92 Å². The zero-order valence-corrected chi connectivity index (χ0v) is 17.2. The van der Waals surface area contributed by atoms with Gasteiger partial charge in [0.1, 0.15) is 0 Å². The number of anilines is 1. The van der Waals surface area contributed by atoms with E-state index in [0.717, 1.165) is 31.4 Å². The second-order valence-electron chi connectivity index (χ2n) is 8.04. The summed E-state index contributed by atoms with van der Waals surface area (Å²) in [4.78, 5) is 14.4. The van der Waals surface area contributed by atoms with Crippen LogP contribution in [0.3, 0.4) is 0 Å². The van der Waals surface area contributed by atoms with Crippen LogP contribution in [0.1, 0.15) is 30.9 Å². The Morgan fingerprint density at radius 3 is 2.62 bits per heavy atom. The van der Waals surface area contributed by atoms with Gasteiger partial charge in [0.05, 0.1) is 29.4 Å². The van der Waals surface area contributed by atoms with Crippen LogP contribution in [0.4, 0.5) is 5.69 Å². The molecule has 1 saturated heterocycles. The summed E-state index contributed by atoms with van der Waals surface area (Å²) in [6.07, 6.45) is 7.39. The van der Waals surface area contributed by atoms with Crippen molar-refractivity contribution < 1.29 is 18.3 Å². The molecule has 0 bridgehead atoms. The van der Waals surface area contributed by atoms with Gasteiger partial charge < -0.3 is 10.4 Å². The van der Waals surface area contributed by atoms with Gasteiger partial charge in [-0.2, -0.15) is 5.10 Å². The van der Waals surface area contributed by atoms with E-state index in [4.69, 9.17) is 0 Å². The van der Waals surface area contributed by atoms with Crippen LogP contribution < -0.4 is 5.32 Å². The summed E-state index contributed by atoms with van der Waals surface area (Å²) in [6.45, 7) is 1.39. The zero-order valence-electron chi connectivity index (χ0n) is 16.4. The fraction of sp³-hybridized carbons (Fsp3) is 0.500. The molecule has 8 nitrogen and oxygen atoms in total. The molecule has 2 aliphatic rings. The topological polar surface area (TPSA) is 105 Å². The first-order chi connectivity index (χ1) is 13.8. The Balaban J connectivity index is 1.41. The Hall–Kier alpha value is -2.23. The quantitative estimate of drug-likeness (QED) is 0.705. The number of amides is 1. The van der Waals surface area contributed by atoms with Crippen molar-refractivity contribution in [3.05, 3.63) is 42.2 Å². The van der Waals surface area contributed by atoms with E-state index in [9.17, 15) is 18.3 Å². The molecule has 0 unspecified atom stereocenters. The van der Waals surface area contributed by atoms with E-state index in [0.29, 0.717) is 17.1 Å². The number of rotatable bonds is 7. The summed E-state index contributed by atoms with van der Waals surface area (Å²) in [7, 11) is -3.21. The standard InChI is InChI=1S/C20H26N4O4S/c1-29(27,28)19-6-2-14(3-7-19)10-23-12-17(8-18(23)13-25)24-11-16(9-21-24)22-20(26)15-4-5-15/h2-3,6-7,9,11,15,17-18,25H,4-5,8,10,12-13H2,1H3,(H,22,26)/t17-,18-/m0/s1. The van der Waals surface area contributed by atoms with Crippen molar-refractivity contribution >= 4 is 21.4 Å². The third-order valence-electron chi connectivity index (χ3n) is 5.65. The van der Waals surface area contributed by atoms with Crippen LogP contribution in [0.15, 0.2) is 41.6 Å². The van der Waals surface area contributed by atoms with E-state index in [2.05, 4.69) is 15.3 Å². The van der Waals surface area contributed by atoms with Gasteiger partial charge in [0.15, 0.2) is 9.84 Å². The van der Waals surface area contributed by atoms with Crippen molar-refractivity contribution in [3.63, 3.8) is 0 Å². The number of nitrogens with zero attached hydrogens (tertiary/aromatic N) is 3. The number of aromatic nitrogens is 2. The average molecular weight is 419 g/mol. The van der Waals surface area contributed by atoms with E-state index < -0.39 is 9.84 Å². The van der Waals surface area contributed by atoms with Crippen LogP contribution in [-0.4, -0.2) is 59.6 Å². The van der Waals surface area contributed by atoms with E-state index in [1.807, 2.05) is 23.0 Å².